The third kappa shape index (κ3) is 4.14. The highest BCUT2D eigenvalue weighted by Crippen LogP contribution is 2.47. The molecule has 2 fully saturated rings. The number of morpholine rings is 1. The average molecular weight is 384 g/mol. The van der Waals surface area contributed by atoms with Crippen molar-refractivity contribution in [3.05, 3.63) is 35.9 Å². The fraction of sp³-hybridized carbons (Fsp3) is 0.650. The van der Waals surface area contributed by atoms with Crippen molar-refractivity contribution in [1.29, 1.82) is 0 Å². The van der Waals surface area contributed by atoms with Gasteiger partial charge in [0.05, 0.1) is 11.7 Å². The number of halogens is 3. The van der Waals surface area contributed by atoms with Crippen LogP contribution in [0.3, 0.4) is 0 Å². The van der Waals surface area contributed by atoms with Crippen LogP contribution in [0, 0.1) is 5.41 Å². The van der Waals surface area contributed by atoms with E-state index < -0.39 is 23.1 Å². The molecule has 2 unspecified atom stereocenters. The van der Waals surface area contributed by atoms with Gasteiger partial charge in [-0.25, -0.2) is 0 Å². The van der Waals surface area contributed by atoms with Crippen LogP contribution in [0.1, 0.15) is 32.8 Å². The van der Waals surface area contributed by atoms with Crippen molar-refractivity contribution in [2.24, 2.45) is 5.41 Å². The quantitative estimate of drug-likeness (QED) is 0.800. The Kier molecular flexibility index (Phi) is 5.29. The molecule has 2 aliphatic rings. The van der Waals surface area contributed by atoms with Crippen LogP contribution < -0.4 is 0 Å². The molecule has 4 nitrogen and oxygen atoms in total. The molecule has 1 aromatic carbocycles. The second-order valence-electron chi connectivity index (χ2n) is 8.40. The lowest BCUT2D eigenvalue weighted by Gasteiger charge is -2.45. The molecule has 27 heavy (non-hydrogen) atoms. The lowest BCUT2D eigenvalue weighted by atomic mass is 9.83. The summed E-state index contributed by atoms with van der Waals surface area (Å²) in [7, 11) is 0. The van der Waals surface area contributed by atoms with Gasteiger partial charge >= 0.3 is 6.18 Å². The van der Waals surface area contributed by atoms with E-state index >= 15 is 0 Å². The number of rotatable bonds is 3. The molecule has 2 aliphatic heterocycles. The van der Waals surface area contributed by atoms with Crippen LogP contribution in [0.5, 0.6) is 0 Å². The van der Waals surface area contributed by atoms with Crippen molar-refractivity contribution in [3.8, 4) is 0 Å². The molecule has 7 heteroatoms. The highest BCUT2D eigenvalue weighted by atomic mass is 19.4. The predicted molar refractivity (Wildman–Crippen MR) is 96.0 cm³/mol. The summed E-state index contributed by atoms with van der Waals surface area (Å²) in [6, 6.07) is 9.39. The number of benzene rings is 1. The van der Waals surface area contributed by atoms with E-state index in [1.165, 1.54) is 4.90 Å². The fourth-order valence-electron chi connectivity index (χ4n) is 4.30. The minimum Gasteiger partial charge on any atom is -0.369 e. The zero-order chi connectivity index (χ0) is 19.9. The zero-order valence-electron chi connectivity index (χ0n) is 16.1. The number of hydrogen-bond donors (Lipinski definition) is 0. The minimum absolute atomic E-state index is 0.173. The van der Waals surface area contributed by atoms with Gasteiger partial charge in [0.1, 0.15) is 0 Å². The Morgan fingerprint density at radius 3 is 2.48 bits per heavy atom. The molecule has 1 aromatic rings. The number of nitrogens with zero attached hydrogens (tertiary/aromatic N) is 2. The van der Waals surface area contributed by atoms with Crippen LogP contribution in [0.25, 0.3) is 0 Å². The molecule has 2 saturated heterocycles. The van der Waals surface area contributed by atoms with Crippen LogP contribution in [-0.2, 0) is 16.1 Å². The van der Waals surface area contributed by atoms with Crippen molar-refractivity contribution in [2.45, 2.75) is 51.6 Å². The summed E-state index contributed by atoms with van der Waals surface area (Å²) >= 11 is 0. The Balaban J connectivity index is 1.81. The van der Waals surface area contributed by atoms with Gasteiger partial charge in [-0.05, 0) is 39.3 Å². The van der Waals surface area contributed by atoms with Crippen LogP contribution in [0.4, 0.5) is 13.2 Å². The summed E-state index contributed by atoms with van der Waals surface area (Å²) in [5, 5.41) is 0. The molecule has 0 aliphatic carbocycles. The zero-order valence-corrected chi connectivity index (χ0v) is 16.1. The first-order valence-corrected chi connectivity index (χ1v) is 9.33. The third-order valence-corrected chi connectivity index (χ3v) is 5.41. The molecule has 0 bridgehead atoms. The van der Waals surface area contributed by atoms with Crippen LogP contribution in [-0.4, -0.2) is 59.8 Å². The molecule has 3 rings (SSSR count). The lowest BCUT2D eigenvalue weighted by Crippen LogP contribution is -2.60. The number of carbonyl (C=O) groups is 1. The summed E-state index contributed by atoms with van der Waals surface area (Å²) in [4.78, 5) is 16.2. The molecule has 150 valence electrons. The summed E-state index contributed by atoms with van der Waals surface area (Å²) in [6.45, 7) is 6.14. The molecular formula is C20H27F3N2O2. The van der Waals surface area contributed by atoms with E-state index in [2.05, 4.69) is 0 Å². The Morgan fingerprint density at radius 1 is 1.22 bits per heavy atom. The monoisotopic (exact) mass is 384 g/mol. The number of ether oxygens (including phenoxy) is 1. The average Bonchev–Trinajstić information content (AvgIpc) is 2.98. The number of amides is 1. The summed E-state index contributed by atoms with van der Waals surface area (Å²) in [6.07, 6.45) is -5.07. The van der Waals surface area contributed by atoms with E-state index in [0.717, 1.165) is 5.56 Å². The highest BCUT2D eigenvalue weighted by molar-refractivity contribution is 5.84. The van der Waals surface area contributed by atoms with Gasteiger partial charge in [-0.15, -0.1) is 0 Å². The van der Waals surface area contributed by atoms with Gasteiger partial charge in [0.15, 0.2) is 5.41 Å². The van der Waals surface area contributed by atoms with Gasteiger partial charge in [0.25, 0.3) is 0 Å². The Hall–Kier alpha value is -1.60. The topological polar surface area (TPSA) is 32.8 Å². The smallest absolute Gasteiger partial charge is 0.369 e. The van der Waals surface area contributed by atoms with Gasteiger partial charge in [-0.2, -0.15) is 13.2 Å². The standard InChI is InChI=1S/C20H27F3N2O2/c1-15-11-25(13-18(2,3)27-15)17(26)19(20(21,22)23)9-10-24(14-19)12-16-7-5-4-6-8-16/h4-8,15H,9-14H2,1-3H3. The van der Waals surface area contributed by atoms with Gasteiger partial charge < -0.3 is 9.64 Å². The Bertz CT molecular complexity index is 678. The van der Waals surface area contributed by atoms with Crippen LogP contribution >= 0.6 is 0 Å². The molecule has 2 atom stereocenters. The molecule has 0 saturated carbocycles. The van der Waals surface area contributed by atoms with Crippen molar-refractivity contribution in [3.63, 3.8) is 0 Å². The Morgan fingerprint density at radius 2 is 1.89 bits per heavy atom. The second-order valence-corrected chi connectivity index (χ2v) is 8.40. The molecule has 1 amide bonds. The predicted octanol–water partition coefficient (Wildman–Crippen LogP) is 3.47. The molecule has 0 N–H and O–H groups in total. The van der Waals surface area contributed by atoms with E-state index in [0.29, 0.717) is 6.54 Å². The summed E-state index contributed by atoms with van der Waals surface area (Å²) < 4.78 is 48.1. The van der Waals surface area contributed by atoms with Gasteiger partial charge in [0.2, 0.25) is 5.91 Å². The van der Waals surface area contributed by atoms with Crippen molar-refractivity contribution < 1.29 is 22.7 Å². The van der Waals surface area contributed by atoms with Gasteiger partial charge in [0, 0.05) is 26.2 Å². The first-order valence-electron chi connectivity index (χ1n) is 9.33. The largest absolute Gasteiger partial charge is 0.404 e. The summed E-state index contributed by atoms with van der Waals surface area (Å²) in [5.74, 6) is -0.811. The maximum absolute atomic E-state index is 14.1. The molecular weight excluding hydrogens is 357 g/mol. The third-order valence-electron chi connectivity index (χ3n) is 5.41. The van der Waals surface area contributed by atoms with Crippen molar-refractivity contribution >= 4 is 5.91 Å². The van der Waals surface area contributed by atoms with Crippen molar-refractivity contribution in [1.82, 2.24) is 9.80 Å². The maximum atomic E-state index is 14.1. The SMILES string of the molecule is CC1CN(C(=O)C2(C(F)(F)F)CCN(Cc3ccccc3)C2)CC(C)(C)O1. The number of alkyl halides is 3. The van der Waals surface area contributed by atoms with E-state index in [9.17, 15) is 18.0 Å². The van der Waals surface area contributed by atoms with E-state index in [-0.39, 0.29) is 38.7 Å². The summed E-state index contributed by atoms with van der Waals surface area (Å²) in [5.41, 5.74) is -2.04. The normalized spacial score (nSPS) is 29.1. The Labute approximate surface area is 158 Å². The van der Waals surface area contributed by atoms with Crippen molar-refractivity contribution in [2.75, 3.05) is 26.2 Å². The lowest BCUT2D eigenvalue weighted by molar-refractivity contribution is -0.229. The second kappa shape index (κ2) is 7.09. The number of likely N-dealkylation sites (tertiary alicyclic amines) is 1. The van der Waals surface area contributed by atoms with Gasteiger partial charge in [-0.3, -0.25) is 9.69 Å². The maximum Gasteiger partial charge on any atom is 0.404 e. The molecule has 0 aromatic heterocycles. The van der Waals surface area contributed by atoms with E-state index in [1.54, 1.807) is 25.7 Å². The first-order chi connectivity index (χ1) is 12.5. The molecule has 0 radical (unpaired) electrons. The highest BCUT2D eigenvalue weighted by Gasteiger charge is 2.64. The van der Waals surface area contributed by atoms with Gasteiger partial charge in [-0.1, -0.05) is 30.3 Å². The molecule has 0 spiro atoms. The number of carbonyl (C=O) groups excluding carboxylic acids is 1. The minimum atomic E-state index is -4.58. The molecule has 2 heterocycles. The fourth-order valence-corrected chi connectivity index (χ4v) is 4.30. The van der Waals surface area contributed by atoms with E-state index in [1.807, 2.05) is 30.3 Å². The van der Waals surface area contributed by atoms with Crippen LogP contribution in [0.2, 0.25) is 0 Å². The first kappa shape index (κ1) is 20.1. The van der Waals surface area contributed by atoms with E-state index in [4.69, 9.17) is 4.74 Å². The van der Waals surface area contributed by atoms with Crippen LogP contribution in [0.15, 0.2) is 30.3 Å². The number of hydrogen-bond acceptors (Lipinski definition) is 3.